The third-order valence-corrected chi connectivity index (χ3v) is 2.76. The molecule has 0 saturated carbocycles. The molecule has 1 aromatic carbocycles. The Morgan fingerprint density at radius 2 is 2.22 bits per heavy atom. The van der Waals surface area contributed by atoms with Crippen molar-refractivity contribution in [2.45, 2.75) is 32.7 Å². The molecule has 0 radical (unpaired) electrons. The number of aryl methyl sites for hydroxylation is 1. The van der Waals surface area contributed by atoms with Crippen LogP contribution in [0.2, 0.25) is 0 Å². The Bertz CT molecular complexity index is 358. The van der Waals surface area contributed by atoms with Crippen LogP contribution in [-0.4, -0.2) is 30.9 Å². The summed E-state index contributed by atoms with van der Waals surface area (Å²) >= 11 is 0. The van der Waals surface area contributed by atoms with E-state index in [1.165, 1.54) is 0 Å². The van der Waals surface area contributed by atoms with Crippen LogP contribution in [0.3, 0.4) is 0 Å². The van der Waals surface area contributed by atoms with E-state index in [2.05, 4.69) is 12.2 Å². The normalized spacial score (nSPS) is 12.4. The fourth-order valence-corrected chi connectivity index (χ4v) is 1.67. The lowest BCUT2D eigenvalue weighted by Crippen LogP contribution is -2.36. The van der Waals surface area contributed by atoms with E-state index in [9.17, 15) is 4.39 Å². The Morgan fingerprint density at radius 1 is 1.44 bits per heavy atom. The first kappa shape index (κ1) is 14.9. The molecule has 0 aliphatic carbocycles. The van der Waals surface area contributed by atoms with E-state index in [0.717, 1.165) is 13.0 Å². The monoisotopic (exact) mass is 255 g/mol. The number of halogens is 1. The topological polar surface area (TPSA) is 41.5 Å². The van der Waals surface area contributed by atoms with E-state index in [-0.39, 0.29) is 24.2 Å². The van der Waals surface area contributed by atoms with Crippen LogP contribution in [0.15, 0.2) is 18.2 Å². The van der Waals surface area contributed by atoms with Gasteiger partial charge in [0.2, 0.25) is 0 Å². The Balaban J connectivity index is 2.52. The molecule has 2 N–H and O–H groups in total. The maximum atomic E-state index is 13.7. The number of ether oxygens (including phenoxy) is 1. The van der Waals surface area contributed by atoms with Gasteiger partial charge in [-0.25, -0.2) is 4.39 Å². The summed E-state index contributed by atoms with van der Waals surface area (Å²) in [5.41, 5.74) is 0.577. The zero-order valence-electron chi connectivity index (χ0n) is 11.1. The summed E-state index contributed by atoms with van der Waals surface area (Å²) in [5.74, 6) is -0.0352. The van der Waals surface area contributed by atoms with Gasteiger partial charge in [-0.05, 0) is 37.9 Å². The molecule has 0 spiro atoms. The summed E-state index contributed by atoms with van der Waals surface area (Å²) in [7, 11) is 0. The van der Waals surface area contributed by atoms with Gasteiger partial charge in [-0.15, -0.1) is 0 Å². The van der Waals surface area contributed by atoms with Gasteiger partial charge >= 0.3 is 0 Å². The van der Waals surface area contributed by atoms with E-state index in [4.69, 9.17) is 9.84 Å². The van der Waals surface area contributed by atoms with Crippen LogP contribution >= 0.6 is 0 Å². The van der Waals surface area contributed by atoms with Gasteiger partial charge in [0, 0.05) is 12.6 Å². The van der Waals surface area contributed by atoms with Crippen molar-refractivity contribution < 1.29 is 14.2 Å². The summed E-state index contributed by atoms with van der Waals surface area (Å²) in [4.78, 5) is 0. The van der Waals surface area contributed by atoms with Crippen LogP contribution in [0, 0.1) is 12.7 Å². The van der Waals surface area contributed by atoms with Crippen LogP contribution in [0.1, 0.15) is 25.3 Å². The highest BCUT2D eigenvalue weighted by atomic mass is 19.1. The second-order valence-electron chi connectivity index (χ2n) is 4.36. The predicted molar refractivity (Wildman–Crippen MR) is 70.4 cm³/mol. The maximum Gasteiger partial charge on any atom is 0.167 e. The largest absolute Gasteiger partial charge is 0.489 e. The number of hydrogen-bond donors (Lipinski definition) is 2. The van der Waals surface area contributed by atoms with E-state index in [0.29, 0.717) is 18.6 Å². The van der Waals surface area contributed by atoms with Crippen LogP contribution in [0.25, 0.3) is 0 Å². The van der Waals surface area contributed by atoms with Gasteiger partial charge in [0.25, 0.3) is 0 Å². The van der Waals surface area contributed by atoms with Crippen LogP contribution in [-0.2, 0) is 0 Å². The molecule has 0 aromatic heterocycles. The molecule has 1 aromatic rings. The summed E-state index contributed by atoms with van der Waals surface area (Å²) in [6.07, 6.45) is 1.62. The molecule has 18 heavy (non-hydrogen) atoms. The number of nitrogens with one attached hydrogen (secondary N) is 1. The van der Waals surface area contributed by atoms with Gasteiger partial charge in [0.15, 0.2) is 11.6 Å². The molecule has 4 heteroatoms. The van der Waals surface area contributed by atoms with E-state index < -0.39 is 0 Å². The minimum absolute atomic E-state index is 0.0508. The Labute approximate surface area is 108 Å². The van der Waals surface area contributed by atoms with E-state index >= 15 is 0 Å². The molecular formula is C14H22FNO2. The maximum absolute atomic E-state index is 13.7. The van der Waals surface area contributed by atoms with Crippen LogP contribution in [0.4, 0.5) is 4.39 Å². The molecule has 102 valence electrons. The summed E-state index contributed by atoms with van der Waals surface area (Å²) < 4.78 is 19.2. The second kappa shape index (κ2) is 8.06. The molecule has 0 fully saturated rings. The first-order chi connectivity index (χ1) is 8.69. The second-order valence-corrected chi connectivity index (χ2v) is 4.36. The fourth-order valence-electron chi connectivity index (χ4n) is 1.67. The lowest BCUT2D eigenvalue weighted by molar-refractivity contribution is 0.209. The number of benzene rings is 1. The Morgan fingerprint density at radius 3 is 2.89 bits per heavy atom. The predicted octanol–water partition coefficient (Wildman–Crippen LogP) is 2.26. The number of aliphatic hydroxyl groups excluding tert-OH is 1. The lowest BCUT2D eigenvalue weighted by atomic mass is 10.2. The molecule has 0 aliphatic rings. The summed E-state index contributed by atoms with van der Waals surface area (Å²) in [6, 6.07) is 5.16. The summed E-state index contributed by atoms with van der Waals surface area (Å²) in [6.45, 7) is 5.11. The molecule has 1 atom stereocenters. The first-order valence-corrected chi connectivity index (χ1v) is 6.41. The summed E-state index contributed by atoms with van der Waals surface area (Å²) in [5, 5.41) is 12.2. The van der Waals surface area contributed by atoms with Crippen LogP contribution in [0.5, 0.6) is 5.75 Å². The third kappa shape index (κ3) is 4.63. The highest BCUT2D eigenvalue weighted by molar-refractivity contribution is 5.30. The van der Waals surface area contributed by atoms with Crippen LogP contribution < -0.4 is 10.1 Å². The zero-order valence-corrected chi connectivity index (χ0v) is 11.1. The Hall–Kier alpha value is -1.13. The zero-order chi connectivity index (χ0) is 13.4. The first-order valence-electron chi connectivity index (χ1n) is 6.41. The van der Waals surface area contributed by atoms with Crippen molar-refractivity contribution in [3.05, 3.63) is 29.6 Å². The van der Waals surface area contributed by atoms with Crippen molar-refractivity contribution in [3.63, 3.8) is 0 Å². The quantitative estimate of drug-likeness (QED) is 0.748. The molecule has 0 saturated heterocycles. The molecule has 1 rings (SSSR count). The van der Waals surface area contributed by atoms with Gasteiger partial charge < -0.3 is 15.2 Å². The highest BCUT2D eigenvalue weighted by Crippen LogP contribution is 2.19. The molecule has 0 amide bonds. The number of aliphatic hydroxyl groups is 1. The van der Waals surface area contributed by atoms with E-state index in [1.54, 1.807) is 25.1 Å². The van der Waals surface area contributed by atoms with Crippen molar-refractivity contribution in [2.75, 3.05) is 19.8 Å². The highest BCUT2D eigenvalue weighted by Gasteiger charge is 2.11. The van der Waals surface area contributed by atoms with E-state index in [1.807, 2.05) is 0 Å². The smallest absolute Gasteiger partial charge is 0.167 e. The molecule has 1 unspecified atom stereocenters. The third-order valence-electron chi connectivity index (χ3n) is 2.76. The average Bonchev–Trinajstić information content (AvgIpc) is 2.37. The number of rotatable bonds is 8. The molecular weight excluding hydrogens is 233 g/mol. The van der Waals surface area contributed by atoms with Crippen molar-refractivity contribution in [1.82, 2.24) is 5.32 Å². The van der Waals surface area contributed by atoms with Gasteiger partial charge in [0.05, 0.1) is 0 Å². The van der Waals surface area contributed by atoms with Gasteiger partial charge in [0.1, 0.15) is 6.61 Å². The molecule has 0 aliphatic heterocycles. The molecule has 0 bridgehead atoms. The minimum Gasteiger partial charge on any atom is -0.489 e. The lowest BCUT2D eigenvalue weighted by Gasteiger charge is -2.18. The number of hydrogen-bond acceptors (Lipinski definition) is 3. The standard InChI is InChI=1S/C14H22FNO2/c1-3-8-16-12(7-9-17)10-18-13-6-4-5-11(2)14(13)15/h4-6,12,16-17H,3,7-10H2,1-2H3. The van der Waals surface area contributed by atoms with Crippen molar-refractivity contribution in [1.29, 1.82) is 0 Å². The van der Waals surface area contributed by atoms with Gasteiger partial charge in [-0.3, -0.25) is 0 Å². The average molecular weight is 255 g/mol. The SMILES string of the molecule is CCCNC(CCO)COc1cccc(C)c1F. The van der Waals surface area contributed by atoms with Crippen molar-refractivity contribution in [3.8, 4) is 5.75 Å². The fraction of sp³-hybridized carbons (Fsp3) is 0.571. The van der Waals surface area contributed by atoms with Crippen molar-refractivity contribution in [2.24, 2.45) is 0 Å². The van der Waals surface area contributed by atoms with Crippen molar-refractivity contribution >= 4 is 0 Å². The van der Waals surface area contributed by atoms with Gasteiger partial charge in [-0.1, -0.05) is 19.1 Å². The minimum atomic E-state index is -0.310. The van der Waals surface area contributed by atoms with Gasteiger partial charge in [-0.2, -0.15) is 0 Å². The molecule has 3 nitrogen and oxygen atoms in total. The molecule has 0 heterocycles. The Kier molecular flexibility index (Phi) is 6.68.